The lowest BCUT2D eigenvalue weighted by molar-refractivity contribution is -0.116. The molecule has 0 saturated carbocycles. The molecular weight excluding hydrogens is 340 g/mol. The molecule has 2 aromatic rings. The van der Waals surface area contributed by atoms with Gasteiger partial charge >= 0.3 is 0 Å². The molecule has 0 N–H and O–H groups in total. The van der Waals surface area contributed by atoms with Gasteiger partial charge < -0.3 is 9.64 Å². The minimum Gasteiger partial charge on any atom is -0.492 e. The van der Waals surface area contributed by atoms with Crippen LogP contribution in [-0.2, 0) is 14.8 Å². The predicted octanol–water partition coefficient (Wildman–Crippen LogP) is 2.51. The fourth-order valence-electron chi connectivity index (χ4n) is 2.35. The molecule has 2 rings (SSSR count). The molecule has 0 aliphatic carbocycles. The molecule has 0 spiro atoms. The van der Waals surface area contributed by atoms with Crippen molar-refractivity contribution in [3.63, 3.8) is 0 Å². The summed E-state index contributed by atoms with van der Waals surface area (Å²) in [6.45, 7) is 1.90. The Morgan fingerprint density at radius 1 is 1.04 bits per heavy atom. The van der Waals surface area contributed by atoms with Crippen molar-refractivity contribution in [2.24, 2.45) is 0 Å². The van der Waals surface area contributed by atoms with E-state index in [1.165, 1.54) is 4.90 Å². The first-order valence-corrected chi connectivity index (χ1v) is 9.70. The third-order valence-electron chi connectivity index (χ3n) is 3.63. The van der Waals surface area contributed by atoms with E-state index >= 15 is 0 Å². The molecule has 0 atom stereocenters. The molecule has 1 amide bonds. The van der Waals surface area contributed by atoms with Crippen LogP contribution in [0, 0.1) is 0 Å². The Hall–Kier alpha value is -2.54. The Kier molecular flexibility index (Phi) is 6.03. The quantitative estimate of drug-likeness (QED) is 0.759. The maximum absolute atomic E-state index is 12.6. The van der Waals surface area contributed by atoms with Crippen molar-refractivity contribution in [3.8, 4) is 5.75 Å². The lowest BCUT2D eigenvalue weighted by atomic mass is 10.2. The number of nitrogens with zero attached hydrogens (tertiary/aromatic N) is 2. The Bertz CT molecular complexity index is 822. The van der Waals surface area contributed by atoms with E-state index in [4.69, 9.17) is 4.74 Å². The van der Waals surface area contributed by atoms with E-state index in [-0.39, 0.29) is 12.5 Å². The van der Waals surface area contributed by atoms with Crippen molar-refractivity contribution in [1.82, 2.24) is 0 Å². The Morgan fingerprint density at radius 2 is 1.64 bits per heavy atom. The molecule has 25 heavy (non-hydrogen) atoms. The summed E-state index contributed by atoms with van der Waals surface area (Å²) in [5, 5.41) is 0. The van der Waals surface area contributed by atoms with E-state index in [2.05, 4.69) is 0 Å². The number of hydrogen-bond donors (Lipinski definition) is 0. The summed E-state index contributed by atoms with van der Waals surface area (Å²) < 4.78 is 31.1. The summed E-state index contributed by atoms with van der Waals surface area (Å²) in [7, 11) is -2.05. The summed E-state index contributed by atoms with van der Waals surface area (Å²) in [5.74, 6) is 0.0773. The monoisotopic (exact) mass is 362 g/mol. The first-order chi connectivity index (χ1) is 11.8. The molecule has 0 aromatic heterocycles. The number of hydrogen-bond acceptors (Lipinski definition) is 4. The van der Waals surface area contributed by atoms with Gasteiger partial charge in [0.25, 0.3) is 0 Å². The van der Waals surface area contributed by atoms with Crippen LogP contribution in [0.3, 0.4) is 0 Å². The Balaban J connectivity index is 2.33. The fraction of sp³-hybridized carbons (Fsp3) is 0.278. The summed E-state index contributed by atoms with van der Waals surface area (Å²) >= 11 is 0. The van der Waals surface area contributed by atoms with Crippen molar-refractivity contribution in [3.05, 3.63) is 54.6 Å². The number of sulfonamides is 1. The van der Waals surface area contributed by atoms with Gasteiger partial charge in [-0.05, 0) is 31.2 Å². The predicted molar refractivity (Wildman–Crippen MR) is 99.7 cm³/mol. The third kappa shape index (κ3) is 4.73. The highest BCUT2D eigenvalue weighted by molar-refractivity contribution is 7.92. The van der Waals surface area contributed by atoms with Gasteiger partial charge in [-0.3, -0.25) is 9.10 Å². The first-order valence-electron chi connectivity index (χ1n) is 7.85. The molecule has 7 heteroatoms. The summed E-state index contributed by atoms with van der Waals surface area (Å²) in [5.41, 5.74) is 1.04. The summed E-state index contributed by atoms with van der Waals surface area (Å²) in [6, 6.07) is 15.8. The van der Waals surface area contributed by atoms with Crippen LogP contribution in [0.4, 0.5) is 11.4 Å². The zero-order valence-corrected chi connectivity index (χ0v) is 15.4. The van der Waals surface area contributed by atoms with Crippen LogP contribution >= 0.6 is 0 Å². The van der Waals surface area contributed by atoms with Crippen LogP contribution < -0.4 is 13.9 Å². The van der Waals surface area contributed by atoms with Gasteiger partial charge in [-0.25, -0.2) is 8.42 Å². The number of para-hydroxylation sites is 3. The first kappa shape index (κ1) is 18.8. The van der Waals surface area contributed by atoms with Gasteiger partial charge in [-0.15, -0.1) is 0 Å². The number of rotatable bonds is 7. The number of carbonyl (C=O) groups is 1. The second-order valence-corrected chi connectivity index (χ2v) is 7.37. The molecule has 0 saturated heterocycles. The second-order valence-electron chi connectivity index (χ2n) is 5.46. The Morgan fingerprint density at radius 3 is 2.24 bits per heavy atom. The maximum Gasteiger partial charge on any atom is 0.247 e. The second kappa shape index (κ2) is 8.02. The normalized spacial score (nSPS) is 11.0. The van der Waals surface area contributed by atoms with Gasteiger partial charge in [0, 0.05) is 12.7 Å². The number of benzene rings is 2. The van der Waals surface area contributed by atoms with Gasteiger partial charge in [0.05, 0.1) is 18.6 Å². The smallest absolute Gasteiger partial charge is 0.247 e. The van der Waals surface area contributed by atoms with Gasteiger partial charge in [0.15, 0.2) is 0 Å². The zero-order valence-electron chi connectivity index (χ0n) is 14.5. The molecule has 0 heterocycles. The van der Waals surface area contributed by atoms with Crippen LogP contribution in [0.25, 0.3) is 0 Å². The number of likely N-dealkylation sites (N-methyl/N-ethyl adjacent to an activating group) is 1. The van der Waals surface area contributed by atoms with Crippen LogP contribution in [0.15, 0.2) is 54.6 Å². The van der Waals surface area contributed by atoms with Gasteiger partial charge in [0.2, 0.25) is 15.9 Å². The van der Waals surface area contributed by atoms with Crippen LogP contribution in [0.5, 0.6) is 5.75 Å². The SMILES string of the molecule is CCOc1ccccc1N(CC(=O)N(C)c1ccccc1)S(C)(=O)=O. The van der Waals surface area contributed by atoms with E-state index in [1.54, 1.807) is 43.4 Å². The van der Waals surface area contributed by atoms with Crippen LogP contribution in [-0.4, -0.2) is 40.8 Å². The zero-order chi connectivity index (χ0) is 18.4. The average Bonchev–Trinajstić information content (AvgIpc) is 2.59. The highest BCUT2D eigenvalue weighted by Crippen LogP contribution is 2.30. The van der Waals surface area contributed by atoms with Crippen LogP contribution in [0.2, 0.25) is 0 Å². The van der Waals surface area contributed by atoms with E-state index in [0.717, 1.165) is 10.6 Å². The molecule has 0 fully saturated rings. The maximum atomic E-state index is 12.6. The van der Waals surface area contributed by atoms with Crippen molar-refractivity contribution in [2.75, 3.05) is 35.7 Å². The number of anilines is 2. The van der Waals surface area contributed by atoms with E-state index in [1.807, 2.05) is 25.1 Å². The Labute approximate surface area is 148 Å². The third-order valence-corrected chi connectivity index (χ3v) is 4.76. The molecule has 0 aliphatic rings. The van der Waals surface area contributed by atoms with Crippen molar-refractivity contribution >= 4 is 27.3 Å². The number of amides is 1. The molecule has 2 aromatic carbocycles. The lowest BCUT2D eigenvalue weighted by Gasteiger charge is -2.26. The molecule has 0 aliphatic heterocycles. The summed E-state index contributed by atoms with van der Waals surface area (Å²) in [6.07, 6.45) is 1.07. The highest BCUT2D eigenvalue weighted by Gasteiger charge is 2.25. The minimum absolute atomic E-state index is 0.311. The summed E-state index contributed by atoms with van der Waals surface area (Å²) in [4.78, 5) is 14.1. The largest absolute Gasteiger partial charge is 0.492 e. The fourth-order valence-corrected chi connectivity index (χ4v) is 3.20. The van der Waals surface area contributed by atoms with E-state index in [0.29, 0.717) is 23.7 Å². The average molecular weight is 362 g/mol. The van der Waals surface area contributed by atoms with Crippen molar-refractivity contribution < 1.29 is 17.9 Å². The molecule has 0 bridgehead atoms. The van der Waals surface area contributed by atoms with Crippen molar-refractivity contribution in [2.45, 2.75) is 6.92 Å². The van der Waals surface area contributed by atoms with Gasteiger partial charge in [-0.2, -0.15) is 0 Å². The minimum atomic E-state index is -3.66. The topological polar surface area (TPSA) is 66.9 Å². The molecule has 0 unspecified atom stereocenters. The lowest BCUT2D eigenvalue weighted by Crippen LogP contribution is -2.41. The molecule has 6 nitrogen and oxygen atoms in total. The number of ether oxygens (including phenoxy) is 1. The van der Waals surface area contributed by atoms with Crippen LogP contribution in [0.1, 0.15) is 6.92 Å². The molecule has 134 valence electrons. The van der Waals surface area contributed by atoms with Crippen molar-refractivity contribution in [1.29, 1.82) is 0 Å². The standard InChI is InChI=1S/C18H22N2O4S/c1-4-24-17-13-9-8-12-16(17)20(25(3,22)23)14-18(21)19(2)15-10-6-5-7-11-15/h5-13H,4,14H2,1-3H3. The van der Waals surface area contributed by atoms with E-state index in [9.17, 15) is 13.2 Å². The molecule has 0 radical (unpaired) electrons. The molecular formula is C18H22N2O4S. The number of carbonyl (C=O) groups excluding carboxylic acids is 1. The van der Waals surface area contributed by atoms with Gasteiger partial charge in [-0.1, -0.05) is 30.3 Å². The van der Waals surface area contributed by atoms with E-state index < -0.39 is 10.0 Å². The highest BCUT2D eigenvalue weighted by atomic mass is 32.2. The van der Waals surface area contributed by atoms with Gasteiger partial charge in [0.1, 0.15) is 12.3 Å².